The average molecular weight is 199 g/mol. The van der Waals surface area contributed by atoms with Crippen molar-refractivity contribution < 1.29 is 9.53 Å². The second-order valence-corrected chi connectivity index (χ2v) is 5.14. The van der Waals surface area contributed by atoms with E-state index in [4.69, 9.17) is 4.74 Å². The highest BCUT2D eigenvalue weighted by Crippen LogP contribution is 2.13. The monoisotopic (exact) mass is 199 g/mol. The van der Waals surface area contributed by atoms with Gasteiger partial charge in [0.25, 0.3) is 0 Å². The van der Waals surface area contributed by atoms with Crippen LogP contribution in [-0.2, 0) is 9.53 Å². The van der Waals surface area contributed by atoms with Gasteiger partial charge in [0.1, 0.15) is 6.61 Å². The number of nitrogens with zero attached hydrogens (tertiary/aromatic N) is 1. The Bertz CT molecular complexity index is 190. The van der Waals surface area contributed by atoms with E-state index in [1.165, 1.54) is 0 Å². The van der Waals surface area contributed by atoms with Crippen LogP contribution in [0.15, 0.2) is 0 Å². The number of carbonyl (C=O) groups is 1. The van der Waals surface area contributed by atoms with Crippen LogP contribution in [0.4, 0.5) is 0 Å². The Morgan fingerprint density at radius 2 is 1.86 bits per heavy atom. The SMILES string of the molecule is CC(C)(C)COCC(=O)N1CCCC1. The molecule has 3 nitrogen and oxygen atoms in total. The summed E-state index contributed by atoms with van der Waals surface area (Å²) in [6.45, 7) is 9.03. The molecule has 1 amide bonds. The van der Waals surface area contributed by atoms with Crippen molar-refractivity contribution in [2.24, 2.45) is 5.41 Å². The summed E-state index contributed by atoms with van der Waals surface area (Å²) in [5.41, 5.74) is 0.144. The van der Waals surface area contributed by atoms with Gasteiger partial charge in [0.15, 0.2) is 0 Å². The van der Waals surface area contributed by atoms with Gasteiger partial charge in [-0.25, -0.2) is 0 Å². The highest BCUT2D eigenvalue weighted by atomic mass is 16.5. The molecule has 3 heteroatoms. The molecule has 0 aromatic rings. The molecular formula is C11H21NO2. The molecule has 0 unspecified atom stereocenters. The van der Waals surface area contributed by atoms with Gasteiger partial charge in [-0.3, -0.25) is 4.79 Å². The Morgan fingerprint density at radius 1 is 1.29 bits per heavy atom. The highest BCUT2D eigenvalue weighted by molar-refractivity contribution is 5.77. The number of carbonyl (C=O) groups excluding carboxylic acids is 1. The second-order valence-electron chi connectivity index (χ2n) is 5.14. The average Bonchev–Trinajstić information content (AvgIpc) is 2.53. The molecule has 0 saturated carbocycles. The van der Waals surface area contributed by atoms with Gasteiger partial charge in [-0.15, -0.1) is 0 Å². The van der Waals surface area contributed by atoms with Crippen molar-refractivity contribution in [2.75, 3.05) is 26.3 Å². The number of hydrogen-bond donors (Lipinski definition) is 0. The minimum absolute atomic E-state index is 0.144. The maximum Gasteiger partial charge on any atom is 0.248 e. The lowest BCUT2D eigenvalue weighted by Crippen LogP contribution is -2.32. The smallest absolute Gasteiger partial charge is 0.248 e. The van der Waals surface area contributed by atoms with Crippen LogP contribution in [0.2, 0.25) is 0 Å². The summed E-state index contributed by atoms with van der Waals surface area (Å²) in [4.78, 5) is 13.4. The van der Waals surface area contributed by atoms with Gasteiger partial charge >= 0.3 is 0 Å². The van der Waals surface area contributed by atoms with Crippen LogP contribution in [-0.4, -0.2) is 37.1 Å². The molecule has 1 saturated heterocycles. The predicted octanol–water partition coefficient (Wildman–Crippen LogP) is 1.67. The zero-order chi connectivity index (χ0) is 10.6. The van der Waals surface area contributed by atoms with E-state index in [1.807, 2.05) is 4.90 Å². The number of amides is 1. The fraction of sp³-hybridized carbons (Fsp3) is 0.909. The van der Waals surface area contributed by atoms with Crippen LogP contribution in [0.5, 0.6) is 0 Å². The van der Waals surface area contributed by atoms with Crippen LogP contribution in [0.25, 0.3) is 0 Å². The molecule has 0 bridgehead atoms. The van der Waals surface area contributed by atoms with E-state index in [9.17, 15) is 4.79 Å². The minimum atomic E-state index is 0.144. The van der Waals surface area contributed by atoms with Gasteiger partial charge < -0.3 is 9.64 Å². The van der Waals surface area contributed by atoms with E-state index in [1.54, 1.807) is 0 Å². The number of hydrogen-bond acceptors (Lipinski definition) is 2. The van der Waals surface area contributed by atoms with Crippen molar-refractivity contribution in [2.45, 2.75) is 33.6 Å². The summed E-state index contributed by atoms with van der Waals surface area (Å²) in [5.74, 6) is 0.145. The van der Waals surface area contributed by atoms with Crippen LogP contribution in [0.1, 0.15) is 33.6 Å². The standard InChI is InChI=1S/C11H21NO2/c1-11(2,3)9-14-8-10(13)12-6-4-5-7-12/h4-9H2,1-3H3. The van der Waals surface area contributed by atoms with E-state index < -0.39 is 0 Å². The van der Waals surface area contributed by atoms with Gasteiger partial charge in [-0.1, -0.05) is 20.8 Å². The van der Waals surface area contributed by atoms with Gasteiger partial charge in [-0.2, -0.15) is 0 Å². The Balaban J connectivity index is 2.15. The Labute approximate surface area is 86.4 Å². The first kappa shape index (κ1) is 11.5. The van der Waals surface area contributed by atoms with Gasteiger partial charge in [0, 0.05) is 13.1 Å². The largest absolute Gasteiger partial charge is 0.371 e. The van der Waals surface area contributed by atoms with E-state index >= 15 is 0 Å². The lowest BCUT2D eigenvalue weighted by atomic mass is 9.99. The van der Waals surface area contributed by atoms with E-state index in [-0.39, 0.29) is 17.9 Å². The lowest BCUT2D eigenvalue weighted by molar-refractivity contribution is -0.135. The maximum atomic E-state index is 11.5. The van der Waals surface area contributed by atoms with Gasteiger partial charge in [0.2, 0.25) is 5.91 Å². The van der Waals surface area contributed by atoms with Crippen LogP contribution >= 0.6 is 0 Å². The van der Waals surface area contributed by atoms with Crippen molar-refractivity contribution in [3.63, 3.8) is 0 Å². The molecule has 0 aromatic carbocycles. The van der Waals surface area contributed by atoms with E-state index in [0.29, 0.717) is 6.61 Å². The summed E-state index contributed by atoms with van der Waals surface area (Å²) >= 11 is 0. The predicted molar refractivity (Wildman–Crippen MR) is 56.1 cm³/mol. The molecule has 0 spiro atoms. The summed E-state index contributed by atoms with van der Waals surface area (Å²) < 4.78 is 5.38. The van der Waals surface area contributed by atoms with Gasteiger partial charge in [-0.05, 0) is 18.3 Å². The lowest BCUT2D eigenvalue weighted by Gasteiger charge is -2.20. The first-order chi connectivity index (χ1) is 6.49. The molecule has 1 aliphatic heterocycles. The minimum Gasteiger partial charge on any atom is -0.371 e. The maximum absolute atomic E-state index is 11.5. The molecule has 0 radical (unpaired) electrons. The van der Waals surface area contributed by atoms with Gasteiger partial charge in [0.05, 0.1) is 6.61 Å². The van der Waals surface area contributed by atoms with Crippen molar-refractivity contribution >= 4 is 5.91 Å². The number of ether oxygens (including phenoxy) is 1. The molecule has 1 heterocycles. The van der Waals surface area contributed by atoms with Crippen molar-refractivity contribution in [1.29, 1.82) is 0 Å². The molecular weight excluding hydrogens is 178 g/mol. The molecule has 0 aliphatic carbocycles. The fourth-order valence-electron chi connectivity index (χ4n) is 1.50. The first-order valence-corrected chi connectivity index (χ1v) is 5.34. The third-order valence-corrected chi connectivity index (χ3v) is 2.22. The molecule has 82 valence electrons. The normalized spacial score (nSPS) is 17.5. The molecule has 0 N–H and O–H groups in total. The third-order valence-electron chi connectivity index (χ3n) is 2.22. The molecule has 1 fully saturated rings. The highest BCUT2D eigenvalue weighted by Gasteiger charge is 2.18. The molecule has 0 atom stereocenters. The van der Waals surface area contributed by atoms with Crippen molar-refractivity contribution in [1.82, 2.24) is 4.90 Å². The third kappa shape index (κ3) is 4.09. The molecule has 1 aliphatic rings. The summed E-state index contributed by atoms with van der Waals surface area (Å²) in [7, 11) is 0. The molecule has 1 rings (SSSR count). The second kappa shape index (κ2) is 4.78. The zero-order valence-electron chi connectivity index (χ0n) is 9.51. The van der Waals surface area contributed by atoms with Crippen molar-refractivity contribution in [3.05, 3.63) is 0 Å². The van der Waals surface area contributed by atoms with Crippen LogP contribution in [0, 0.1) is 5.41 Å². The van der Waals surface area contributed by atoms with Crippen molar-refractivity contribution in [3.8, 4) is 0 Å². The fourth-order valence-corrected chi connectivity index (χ4v) is 1.50. The van der Waals surface area contributed by atoms with E-state index in [0.717, 1.165) is 25.9 Å². The molecule has 0 aromatic heterocycles. The summed E-state index contributed by atoms with van der Waals surface area (Å²) in [6.07, 6.45) is 2.29. The Morgan fingerprint density at radius 3 is 2.36 bits per heavy atom. The quantitative estimate of drug-likeness (QED) is 0.692. The summed E-state index contributed by atoms with van der Waals surface area (Å²) in [6, 6.07) is 0. The Kier molecular flexibility index (Phi) is 3.93. The Hall–Kier alpha value is -0.570. The zero-order valence-corrected chi connectivity index (χ0v) is 9.51. The summed E-state index contributed by atoms with van der Waals surface area (Å²) in [5, 5.41) is 0. The molecule has 14 heavy (non-hydrogen) atoms. The van der Waals surface area contributed by atoms with Crippen LogP contribution in [0.3, 0.4) is 0 Å². The first-order valence-electron chi connectivity index (χ1n) is 5.34. The number of likely N-dealkylation sites (tertiary alicyclic amines) is 1. The van der Waals surface area contributed by atoms with E-state index in [2.05, 4.69) is 20.8 Å². The van der Waals surface area contributed by atoms with Crippen LogP contribution < -0.4 is 0 Å². The number of rotatable bonds is 3. The topological polar surface area (TPSA) is 29.5 Å².